The largest absolute Gasteiger partial charge is 0.481 e. The highest BCUT2D eigenvalue weighted by Gasteiger charge is 2.14. The second-order valence-electron chi connectivity index (χ2n) is 4.67. The van der Waals surface area contributed by atoms with E-state index in [9.17, 15) is 4.79 Å². The van der Waals surface area contributed by atoms with Crippen molar-refractivity contribution < 1.29 is 14.3 Å². The van der Waals surface area contributed by atoms with Gasteiger partial charge in [-0.2, -0.15) is 4.98 Å². The molecule has 1 amide bonds. The SMILES string of the molecule is COc1cc(Cl)nc(NC(=O)CCOC2CCNCC2)n1. The van der Waals surface area contributed by atoms with Crippen LogP contribution in [-0.2, 0) is 9.53 Å². The van der Waals surface area contributed by atoms with Gasteiger partial charge >= 0.3 is 0 Å². The molecule has 1 aromatic rings. The van der Waals surface area contributed by atoms with Crippen molar-refractivity contribution >= 4 is 23.5 Å². The van der Waals surface area contributed by atoms with Gasteiger partial charge in [0.2, 0.25) is 17.7 Å². The molecule has 2 N–H and O–H groups in total. The number of carbonyl (C=O) groups excluding carboxylic acids is 1. The summed E-state index contributed by atoms with van der Waals surface area (Å²) >= 11 is 5.81. The predicted octanol–water partition coefficient (Wildman–Crippen LogP) is 1.24. The van der Waals surface area contributed by atoms with Crippen molar-refractivity contribution in [2.75, 3.05) is 32.1 Å². The molecule has 0 atom stereocenters. The molecule has 0 bridgehead atoms. The summed E-state index contributed by atoms with van der Waals surface area (Å²) < 4.78 is 10.6. The van der Waals surface area contributed by atoms with Crippen molar-refractivity contribution in [2.24, 2.45) is 0 Å². The van der Waals surface area contributed by atoms with Gasteiger partial charge in [0, 0.05) is 6.07 Å². The normalized spacial score (nSPS) is 15.7. The Hall–Kier alpha value is -1.44. The third-order valence-electron chi connectivity index (χ3n) is 3.10. The Balaban J connectivity index is 1.75. The van der Waals surface area contributed by atoms with Crippen LogP contribution < -0.4 is 15.4 Å². The lowest BCUT2D eigenvalue weighted by Gasteiger charge is -2.22. The highest BCUT2D eigenvalue weighted by Crippen LogP contribution is 2.15. The van der Waals surface area contributed by atoms with Gasteiger partial charge in [-0.25, -0.2) is 4.98 Å². The standard InChI is InChI=1S/C13H19ClN4O3/c1-20-12-8-10(14)16-13(18-12)17-11(19)4-7-21-9-2-5-15-6-3-9/h8-9,15H,2-7H2,1H3,(H,16,17,18,19). The Morgan fingerprint density at radius 3 is 2.95 bits per heavy atom. The van der Waals surface area contributed by atoms with Gasteiger partial charge in [-0.1, -0.05) is 11.6 Å². The van der Waals surface area contributed by atoms with E-state index in [-0.39, 0.29) is 29.5 Å². The first-order valence-electron chi connectivity index (χ1n) is 6.88. The molecule has 0 saturated carbocycles. The molecular weight excluding hydrogens is 296 g/mol. The van der Waals surface area contributed by atoms with E-state index in [4.69, 9.17) is 21.1 Å². The summed E-state index contributed by atoms with van der Waals surface area (Å²) in [6.45, 7) is 2.31. The van der Waals surface area contributed by atoms with E-state index in [1.54, 1.807) is 0 Å². The van der Waals surface area contributed by atoms with Crippen LogP contribution in [0.25, 0.3) is 0 Å². The number of halogens is 1. The van der Waals surface area contributed by atoms with E-state index in [0.29, 0.717) is 12.5 Å². The maximum atomic E-state index is 11.8. The van der Waals surface area contributed by atoms with Gasteiger partial charge in [-0.05, 0) is 25.9 Å². The maximum absolute atomic E-state index is 11.8. The molecule has 0 aliphatic carbocycles. The summed E-state index contributed by atoms with van der Waals surface area (Å²) in [5.41, 5.74) is 0. The monoisotopic (exact) mass is 314 g/mol. The number of ether oxygens (including phenoxy) is 2. The zero-order valence-electron chi connectivity index (χ0n) is 11.9. The lowest BCUT2D eigenvalue weighted by atomic mass is 10.1. The Morgan fingerprint density at radius 1 is 1.48 bits per heavy atom. The molecule has 0 spiro atoms. The number of hydrogen-bond donors (Lipinski definition) is 2. The molecule has 0 unspecified atom stereocenters. The van der Waals surface area contributed by atoms with Gasteiger partial charge in [0.1, 0.15) is 5.15 Å². The summed E-state index contributed by atoms with van der Waals surface area (Å²) in [7, 11) is 1.47. The maximum Gasteiger partial charge on any atom is 0.234 e. The van der Waals surface area contributed by atoms with Crippen molar-refractivity contribution in [3.8, 4) is 5.88 Å². The van der Waals surface area contributed by atoms with Crippen LogP contribution in [0, 0.1) is 0 Å². The topological polar surface area (TPSA) is 85.4 Å². The number of nitrogens with zero attached hydrogens (tertiary/aromatic N) is 2. The van der Waals surface area contributed by atoms with Crippen molar-refractivity contribution in [1.82, 2.24) is 15.3 Å². The quantitative estimate of drug-likeness (QED) is 0.768. The van der Waals surface area contributed by atoms with Crippen molar-refractivity contribution in [1.29, 1.82) is 0 Å². The molecule has 21 heavy (non-hydrogen) atoms. The molecule has 0 radical (unpaired) electrons. The lowest BCUT2D eigenvalue weighted by molar-refractivity contribution is -0.117. The minimum atomic E-state index is -0.215. The second kappa shape index (κ2) is 8.11. The first kappa shape index (κ1) is 15.9. The van der Waals surface area contributed by atoms with Crippen LogP contribution in [0.4, 0.5) is 5.95 Å². The molecule has 2 rings (SSSR count). The van der Waals surface area contributed by atoms with E-state index in [1.165, 1.54) is 13.2 Å². The number of amides is 1. The molecule has 1 aliphatic heterocycles. The summed E-state index contributed by atoms with van der Waals surface area (Å²) in [6, 6.07) is 1.47. The molecule has 0 aromatic carbocycles. The molecule has 1 aromatic heterocycles. The molecule has 8 heteroatoms. The Labute approximate surface area is 128 Å². The first-order valence-corrected chi connectivity index (χ1v) is 7.26. The average molecular weight is 315 g/mol. The van der Waals surface area contributed by atoms with Gasteiger partial charge in [0.15, 0.2) is 0 Å². The van der Waals surface area contributed by atoms with E-state index in [0.717, 1.165) is 25.9 Å². The number of carbonyl (C=O) groups is 1. The number of hydrogen-bond acceptors (Lipinski definition) is 6. The predicted molar refractivity (Wildman–Crippen MR) is 78.7 cm³/mol. The highest BCUT2D eigenvalue weighted by molar-refractivity contribution is 6.29. The number of nitrogens with one attached hydrogen (secondary N) is 2. The Morgan fingerprint density at radius 2 is 2.24 bits per heavy atom. The fourth-order valence-corrected chi connectivity index (χ4v) is 2.20. The first-order chi connectivity index (χ1) is 10.2. The third-order valence-corrected chi connectivity index (χ3v) is 3.29. The van der Waals surface area contributed by atoms with Crippen molar-refractivity contribution in [3.63, 3.8) is 0 Å². The number of rotatable bonds is 6. The van der Waals surface area contributed by atoms with Crippen LogP contribution in [0.5, 0.6) is 5.88 Å². The Bertz CT molecular complexity index is 480. The highest BCUT2D eigenvalue weighted by atomic mass is 35.5. The lowest BCUT2D eigenvalue weighted by Crippen LogP contribution is -2.33. The number of methoxy groups -OCH3 is 1. The number of anilines is 1. The molecule has 1 saturated heterocycles. The molecule has 7 nitrogen and oxygen atoms in total. The fraction of sp³-hybridized carbons (Fsp3) is 0.615. The summed E-state index contributed by atoms with van der Waals surface area (Å²) in [5.74, 6) is 0.218. The van der Waals surface area contributed by atoms with Gasteiger partial charge in [0.25, 0.3) is 0 Å². The van der Waals surface area contributed by atoms with E-state index < -0.39 is 0 Å². The molecule has 1 fully saturated rings. The van der Waals surface area contributed by atoms with Crippen LogP contribution in [0.3, 0.4) is 0 Å². The van der Waals surface area contributed by atoms with E-state index in [2.05, 4.69) is 20.6 Å². The summed E-state index contributed by atoms with van der Waals surface area (Å²) in [4.78, 5) is 19.7. The van der Waals surface area contributed by atoms with Crippen LogP contribution in [0.15, 0.2) is 6.07 Å². The third kappa shape index (κ3) is 5.45. The minimum absolute atomic E-state index is 0.131. The van der Waals surface area contributed by atoms with Gasteiger partial charge in [-0.15, -0.1) is 0 Å². The molecular formula is C13H19ClN4O3. The molecule has 1 aliphatic rings. The van der Waals surface area contributed by atoms with Gasteiger partial charge in [-0.3, -0.25) is 10.1 Å². The van der Waals surface area contributed by atoms with Crippen molar-refractivity contribution in [3.05, 3.63) is 11.2 Å². The summed E-state index contributed by atoms with van der Waals surface area (Å²) in [6.07, 6.45) is 2.45. The zero-order chi connectivity index (χ0) is 15.1. The van der Waals surface area contributed by atoms with E-state index in [1.807, 2.05) is 0 Å². The van der Waals surface area contributed by atoms with Crippen LogP contribution >= 0.6 is 11.6 Å². The van der Waals surface area contributed by atoms with Crippen LogP contribution in [0.2, 0.25) is 5.15 Å². The van der Waals surface area contributed by atoms with E-state index >= 15 is 0 Å². The van der Waals surface area contributed by atoms with Gasteiger partial charge in [0.05, 0.1) is 26.2 Å². The van der Waals surface area contributed by atoms with Crippen LogP contribution in [-0.4, -0.2) is 48.8 Å². The smallest absolute Gasteiger partial charge is 0.234 e. The number of piperidine rings is 1. The number of aromatic nitrogens is 2. The van der Waals surface area contributed by atoms with Gasteiger partial charge < -0.3 is 14.8 Å². The Kier molecular flexibility index (Phi) is 6.16. The zero-order valence-corrected chi connectivity index (χ0v) is 12.7. The fourth-order valence-electron chi connectivity index (χ4n) is 2.03. The summed E-state index contributed by atoms with van der Waals surface area (Å²) in [5, 5.41) is 6.05. The minimum Gasteiger partial charge on any atom is -0.481 e. The van der Waals surface area contributed by atoms with Crippen molar-refractivity contribution in [2.45, 2.75) is 25.4 Å². The average Bonchev–Trinajstić information content (AvgIpc) is 2.47. The van der Waals surface area contributed by atoms with Crippen LogP contribution in [0.1, 0.15) is 19.3 Å². The molecule has 2 heterocycles. The second-order valence-corrected chi connectivity index (χ2v) is 5.06. The molecule has 116 valence electrons.